The van der Waals surface area contributed by atoms with Gasteiger partial charge in [0.25, 0.3) is 0 Å². The number of hydrogen-bond donors (Lipinski definition) is 3. The van der Waals surface area contributed by atoms with E-state index in [1.54, 1.807) is 36.5 Å². The molecule has 12 heteroatoms. The molecule has 5 rings (SSSR count). The van der Waals surface area contributed by atoms with Crippen molar-refractivity contribution in [3.05, 3.63) is 66.1 Å². The molecule has 0 fully saturated rings. The Kier molecular flexibility index (Phi) is 6.51. The Bertz CT molecular complexity index is 1770. The highest BCUT2D eigenvalue weighted by molar-refractivity contribution is 7.89. The Hall–Kier alpha value is -4.45. The number of sulfone groups is 1. The molecule has 2 aromatic carbocycles. The van der Waals surface area contributed by atoms with Gasteiger partial charge in [0, 0.05) is 36.7 Å². The second-order valence-corrected chi connectivity index (χ2v) is 12.6. The van der Waals surface area contributed by atoms with Crippen LogP contribution in [0, 0.1) is 0 Å². The number of nitrogen functional groups attached to an aromatic ring is 1. The summed E-state index contributed by atoms with van der Waals surface area (Å²) in [7, 11) is -1.24. The number of imidazole rings is 1. The number of aromatic nitrogens is 5. The van der Waals surface area contributed by atoms with Gasteiger partial charge < -0.3 is 25.5 Å². The van der Waals surface area contributed by atoms with E-state index < -0.39 is 9.84 Å². The second kappa shape index (κ2) is 9.70. The molecule has 0 spiro atoms. The average Bonchev–Trinajstić information content (AvgIpc) is 3.45. The first-order chi connectivity index (χ1) is 18.4. The first-order valence-corrected chi connectivity index (χ1v) is 14.3. The van der Waals surface area contributed by atoms with Gasteiger partial charge in [0.2, 0.25) is 11.9 Å². The van der Waals surface area contributed by atoms with Crippen LogP contribution in [0.15, 0.2) is 59.3 Å². The number of hydrogen-bond acceptors (Lipinski definition) is 10. The molecule has 0 aliphatic carbocycles. The van der Waals surface area contributed by atoms with E-state index in [4.69, 9.17) is 10.3 Å². The molecule has 3 aromatic heterocycles. The average molecular weight is 547 g/mol. The third kappa shape index (κ3) is 5.70. The molecule has 0 saturated carbocycles. The van der Waals surface area contributed by atoms with Crippen LogP contribution < -0.4 is 16.4 Å². The molecule has 5 aromatic rings. The Balaban J connectivity index is 1.47. The normalized spacial score (nSPS) is 12.1. The molecular weight excluding hydrogens is 516 g/mol. The van der Waals surface area contributed by atoms with E-state index in [0.717, 1.165) is 28.2 Å². The molecule has 0 bridgehead atoms. The van der Waals surface area contributed by atoms with Gasteiger partial charge in [-0.25, -0.2) is 18.4 Å². The topological polar surface area (TPSA) is 154 Å². The fourth-order valence-electron chi connectivity index (χ4n) is 4.13. The summed E-state index contributed by atoms with van der Waals surface area (Å²) < 4.78 is 30.6. The molecule has 39 heavy (non-hydrogen) atoms. The van der Waals surface area contributed by atoms with E-state index in [1.165, 1.54) is 6.26 Å². The van der Waals surface area contributed by atoms with Crippen LogP contribution in [0.3, 0.4) is 0 Å². The maximum atomic E-state index is 11.6. The summed E-state index contributed by atoms with van der Waals surface area (Å²) in [6.07, 6.45) is 2.85. The molecular formula is C27H30N8O3S. The van der Waals surface area contributed by atoms with Gasteiger partial charge in [0.1, 0.15) is 22.8 Å². The van der Waals surface area contributed by atoms with Crippen LogP contribution in [-0.4, -0.2) is 39.3 Å². The van der Waals surface area contributed by atoms with Gasteiger partial charge in [-0.3, -0.25) is 0 Å². The number of rotatable bonds is 7. The van der Waals surface area contributed by atoms with Crippen molar-refractivity contribution in [3.63, 3.8) is 0 Å². The molecule has 4 N–H and O–H groups in total. The van der Waals surface area contributed by atoms with Gasteiger partial charge in [0.15, 0.2) is 9.84 Å². The minimum Gasteiger partial charge on any atom is -0.369 e. The summed E-state index contributed by atoms with van der Waals surface area (Å²) in [5, 5.41) is 10.9. The minimum atomic E-state index is -3.11. The Labute approximate surface area is 226 Å². The van der Waals surface area contributed by atoms with Crippen molar-refractivity contribution >= 4 is 50.0 Å². The highest BCUT2D eigenvalue weighted by Crippen LogP contribution is 2.38. The molecule has 0 unspecified atom stereocenters. The number of anilines is 5. The van der Waals surface area contributed by atoms with Crippen molar-refractivity contribution in [1.29, 1.82) is 0 Å². The van der Waals surface area contributed by atoms with Crippen LogP contribution in [0.25, 0.3) is 22.3 Å². The van der Waals surface area contributed by atoms with E-state index in [0.29, 0.717) is 34.5 Å². The molecule has 0 saturated heterocycles. The SMILES string of the molecule is Cn1c(N)nc2c(-c3cc(C(C)(C)C)on3)c(Nc3ccnc(Nc4ccc(CS(C)(=O)=O)cc4)n3)ccc21. The number of nitrogens with one attached hydrogen (secondary N) is 2. The van der Waals surface area contributed by atoms with Gasteiger partial charge >= 0.3 is 0 Å². The number of nitrogens with zero attached hydrogens (tertiary/aromatic N) is 5. The molecule has 0 radical (unpaired) electrons. The van der Waals surface area contributed by atoms with Crippen molar-refractivity contribution < 1.29 is 12.9 Å². The summed E-state index contributed by atoms with van der Waals surface area (Å²) in [4.78, 5) is 13.5. The van der Waals surface area contributed by atoms with E-state index in [9.17, 15) is 8.42 Å². The third-order valence-corrected chi connectivity index (χ3v) is 7.01. The lowest BCUT2D eigenvalue weighted by molar-refractivity contribution is 0.330. The molecule has 0 aliphatic heterocycles. The number of aryl methyl sites for hydroxylation is 1. The van der Waals surface area contributed by atoms with Crippen LogP contribution >= 0.6 is 0 Å². The predicted octanol–water partition coefficient (Wildman–Crippen LogP) is 4.93. The van der Waals surface area contributed by atoms with Gasteiger partial charge in [0.05, 0.1) is 22.5 Å². The standard InChI is InChI=1S/C27H30N8O3S/c1-27(2,3)21-14-19(34-38-21)23-18(10-11-20-24(23)33-25(28)35(20)4)31-22-12-13-29-26(32-22)30-17-8-6-16(7-9-17)15-39(5,36)37/h6-14H,15H2,1-5H3,(H2,28,33)(H2,29,30,31,32). The summed E-state index contributed by atoms with van der Waals surface area (Å²) in [6.45, 7) is 6.18. The van der Waals surface area contributed by atoms with Crippen LogP contribution in [0.2, 0.25) is 0 Å². The largest absolute Gasteiger partial charge is 0.369 e. The quantitative estimate of drug-likeness (QED) is 0.256. The number of nitrogens with two attached hydrogens (primary N) is 1. The van der Waals surface area contributed by atoms with Crippen molar-refractivity contribution in [3.8, 4) is 11.3 Å². The zero-order valence-electron chi connectivity index (χ0n) is 22.3. The number of benzene rings is 2. The fraction of sp³-hybridized carbons (Fsp3) is 0.259. The van der Waals surface area contributed by atoms with Crippen molar-refractivity contribution in [2.24, 2.45) is 7.05 Å². The highest BCUT2D eigenvalue weighted by atomic mass is 32.2. The van der Waals surface area contributed by atoms with Gasteiger partial charge in [-0.05, 0) is 35.9 Å². The lowest BCUT2D eigenvalue weighted by Crippen LogP contribution is -2.09. The summed E-state index contributed by atoms with van der Waals surface area (Å²) in [5.41, 5.74) is 11.0. The van der Waals surface area contributed by atoms with Crippen LogP contribution in [0.5, 0.6) is 0 Å². The van der Waals surface area contributed by atoms with Gasteiger partial charge in [-0.15, -0.1) is 0 Å². The minimum absolute atomic E-state index is 0.0133. The van der Waals surface area contributed by atoms with Crippen molar-refractivity contribution in [2.75, 3.05) is 22.6 Å². The molecule has 11 nitrogen and oxygen atoms in total. The molecule has 0 amide bonds. The first-order valence-electron chi connectivity index (χ1n) is 12.2. The Morgan fingerprint density at radius 1 is 1.03 bits per heavy atom. The maximum Gasteiger partial charge on any atom is 0.229 e. The monoisotopic (exact) mass is 546 g/mol. The highest BCUT2D eigenvalue weighted by Gasteiger charge is 2.24. The third-order valence-electron chi connectivity index (χ3n) is 6.15. The lowest BCUT2D eigenvalue weighted by atomic mass is 9.92. The zero-order valence-corrected chi connectivity index (χ0v) is 23.2. The number of fused-ring (bicyclic) bond motifs is 1. The lowest BCUT2D eigenvalue weighted by Gasteiger charge is -2.13. The molecule has 202 valence electrons. The second-order valence-electron chi connectivity index (χ2n) is 10.5. The van der Waals surface area contributed by atoms with E-state index in [-0.39, 0.29) is 11.2 Å². The molecule has 3 heterocycles. The van der Waals surface area contributed by atoms with Crippen LogP contribution in [0.4, 0.5) is 29.1 Å². The van der Waals surface area contributed by atoms with E-state index in [1.807, 2.05) is 29.8 Å². The Morgan fingerprint density at radius 3 is 2.44 bits per heavy atom. The van der Waals surface area contributed by atoms with Crippen molar-refractivity contribution in [2.45, 2.75) is 31.9 Å². The summed E-state index contributed by atoms with van der Waals surface area (Å²) in [6, 6.07) is 14.6. The van der Waals surface area contributed by atoms with Crippen LogP contribution in [-0.2, 0) is 28.1 Å². The van der Waals surface area contributed by atoms with Crippen molar-refractivity contribution in [1.82, 2.24) is 24.7 Å². The zero-order chi connectivity index (χ0) is 27.9. The smallest absolute Gasteiger partial charge is 0.229 e. The summed E-state index contributed by atoms with van der Waals surface area (Å²) >= 11 is 0. The van der Waals surface area contributed by atoms with E-state index >= 15 is 0 Å². The van der Waals surface area contributed by atoms with Crippen LogP contribution in [0.1, 0.15) is 32.1 Å². The van der Waals surface area contributed by atoms with Gasteiger partial charge in [-0.1, -0.05) is 38.1 Å². The Morgan fingerprint density at radius 2 is 1.77 bits per heavy atom. The van der Waals surface area contributed by atoms with E-state index in [2.05, 4.69) is 51.5 Å². The molecule has 0 aliphatic rings. The fourth-order valence-corrected chi connectivity index (χ4v) is 4.93. The maximum absolute atomic E-state index is 11.6. The summed E-state index contributed by atoms with van der Waals surface area (Å²) in [5.74, 6) is 2.04. The van der Waals surface area contributed by atoms with Gasteiger partial charge in [-0.2, -0.15) is 4.98 Å². The first kappa shape index (κ1) is 26.2. The predicted molar refractivity (Wildman–Crippen MR) is 153 cm³/mol. The molecule has 0 atom stereocenters.